The lowest BCUT2D eigenvalue weighted by molar-refractivity contribution is 0.0773. The maximum atomic E-state index is 12.6. The molecule has 2 aliphatic rings. The zero-order valence-electron chi connectivity index (χ0n) is 13.9. The maximum Gasteiger partial charge on any atom is 0.255 e. The first-order chi connectivity index (χ1) is 11.7. The Balaban J connectivity index is 1.36. The number of likely N-dealkylation sites (tertiary alicyclic amines) is 2. The summed E-state index contributed by atoms with van der Waals surface area (Å²) in [5.41, 5.74) is 2.90. The van der Waals surface area contributed by atoms with Crippen LogP contribution >= 0.6 is 0 Å². The summed E-state index contributed by atoms with van der Waals surface area (Å²) in [7, 11) is 0. The quantitative estimate of drug-likeness (QED) is 0.867. The minimum atomic E-state index is 0.115. The van der Waals surface area contributed by atoms with Gasteiger partial charge in [-0.2, -0.15) is 0 Å². The Kier molecular flexibility index (Phi) is 4.02. The molecule has 0 spiro atoms. The molecule has 2 aromatic heterocycles. The first-order valence-corrected chi connectivity index (χ1v) is 8.53. The van der Waals surface area contributed by atoms with Gasteiger partial charge in [-0.05, 0) is 43.0 Å². The third-order valence-corrected chi connectivity index (χ3v) is 5.09. The van der Waals surface area contributed by atoms with E-state index in [2.05, 4.69) is 27.0 Å². The van der Waals surface area contributed by atoms with Crippen molar-refractivity contribution >= 4 is 5.91 Å². The smallest absolute Gasteiger partial charge is 0.255 e. The second-order valence-electron chi connectivity index (χ2n) is 6.94. The molecular weight excluding hydrogens is 300 g/mol. The van der Waals surface area contributed by atoms with Crippen LogP contribution in [0, 0.1) is 18.8 Å². The SMILES string of the molecule is Cc1cccc(CN2C[C@@H]3CN(C(=O)c4cccnc4)C[C@@H]3C2)n1. The lowest BCUT2D eigenvalue weighted by atomic mass is 10.0. The third kappa shape index (κ3) is 3.04. The number of aromatic nitrogens is 2. The van der Waals surface area contributed by atoms with Crippen LogP contribution in [-0.2, 0) is 6.54 Å². The molecule has 124 valence electrons. The number of carbonyl (C=O) groups excluding carboxylic acids is 1. The summed E-state index contributed by atoms with van der Waals surface area (Å²) in [5, 5.41) is 0. The van der Waals surface area contributed by atoms with Crippen molar-refractivity contribution in [3.63, 3.8) is 0 Å². The molecule has 0 aliphatic carbocycles. The van der Waals surface area contributed by atoms with Crippen LogP contribution < -0.4 is 0 Å². The second kappa shape index (κ2) is 6.32. The number of pyridine rings is 2. The van der Waals surface area contributed by atoms with E-state index in [4.69, 9.17) is 0 Å². The van der Waals surface area contributed by atoms with Gasteiger partial charge < -0.3 is 4.90 Å². The minimum Gasteiger partial charge on any atom is -0.338 e. The first-order valence-electron chi connectivity index (χ1n) is 8.53. The van der Waals surface area contributed by atoms with Gasteiger partial charge in [0.2, 0.25) is 0 Å². The molecule has 0 bridgehead atoms. The monoisotopic (exact) mass is 322 g/mol. The summed E-state index contributed by atoms with van der Waals surface area (Å²) in [4.78, 5) is 25.7. The van der Waals surface area contributed by atoms with Crippen molar-refractivity contribution in [2.75, 3.05) is 26.2 Å². The van der Waals surface area contributed by atoms with E-state index in [1.54, 1.807) is 12.4 Å². The molecule has 0 aromatic carbocycles. The number of aryl methyl sites for hydroxylation is 1. The Hall–Kier alpha value is -2.27. The van der Waals surface area contributed by atoms with E-state index < -0.39 is 0 Å². The zero-order chi connectivity index (χ0) is 16.5. The van der Waals surface area contributed by atoms with Crippen molar-refractivity contribution in [3.05, 3.63) is 59.7 Å². The average molecular weight is 322 g/mol. The average Bonchev–Trinajstić information content (AvgIpc) is 3.13. The van der Waals surface area contributed by atoms with Crippen LogP contribution in [-0.4, -0.2) is 51.9 Å². The van der Waals surface area contributed by atoms with E-state index in [1.165, 1.54) is 0 Å². The lowest BCUT2D eigenvalue weighted by Gasteiger charge is -2.21. The van der Waals surface area contributed by atoms with Gasteiger partial charge in [0.25, 0.3) is 5.91 Å². The third-order valence-electron chi connectivity index (χ3n) is 5.09. The number of hydrogen-bond acceptors (Lipinski definition) is 4. The predicted octanol–water partition coefficient (Wildman–Crippen LogP) is 1.99. The fraction of sp³-hybridized carbons (Fsp3) is 0.421. The molecule has 24 heavy (non-hydrogen) atoms. The zero-order valence-corrected chi connectivity index (χ0v) is 13.9. The molecule has 4 rings (SSSR count). The van der Waals surface area contributed by atoms with E-state index in [1.807, 2.05) is 30.0 Å². The molecule has 2 fully saturated rings. The summed E-state index contributed by atoms with van der Waals surface area (Å²) >= 11 is 0. The summed E-state index contributed by atoms with van der Waals surface area (Å²) in [6.07, 6.45) is 3.36. The molecule has 0 unspecified atom stereocenters. The van der Waals surface area contributed by atoms with Gasteiger partial charge in [-0.15, -0.1) is 0 Å². The largest absolute Gasteiger partial charge is 0.338 e. The van der Waals surface area contributed by atoms with Crippen LogP contribution in [0.5, 0.6) is 0 Å². The van der Waals surface area contributed by atoms with E-state index >= 15 is 0 Å². The van der Waals surface area contributed by atoms with E-state index in [0.717, 1.165) is 44.1 Å². The Morgan fingerprint density at radius 2 is 1.92 bits per heavy atom. The maximum absolute atomic E-state index is 12.6. The Morgan fingerprint density at radius 1 is 1.12 bits per heavy atom. The van der Waals surface area contributed by atoms with Gasteiger partial charge in [-0.25, -0.2) is 0 Å². The Labute approximate surface area is 142 Å². The molecule has 0 N–H and O–H groups in total. The van der Waals surface area contributed by atoms with Crippen molar-refractivity contribution in [2.24, 2.45) is 11.8 Å². The standard InChI is InChI=1S/C19H22N4O/c1-14-4-2-6-18(21-14)13-22-9-16-11-23(12-17(16)10-22)19(24)15-5-3-7-20-8-15/h2-8,16-17H,9-13H2,1H3/t16-,17+. The molecule has 1 amide bonds. The molecule has 0 radical (unpaired) electrons. The van der Waals surface area contributed by atoms with Gasteiger partial charge in [0, 0.05) is 50.8 Å². The summed E-state index contributed by atoms with van der Waals surface area (Å²) in [6.45, 7) is 6.76. The van der Waals surface area contributed by atoms with Gasteiger partial charge in [-0.3, -0.25) is 19.7 Å². The highest BCUT2D eigenvalue weighted by Gasteiger charge is 2.41. The number of amides is 1. The van der Waals surface area contributed by atoms with Crippen molar-refractivity contribution in [2.45, 2.75) is 13.5 Å². The summed E-state index contributed by atoms with van der Waals surface area (Å²) in [5.74, 6) is 1.27. The number of fused-ring (bicyclic) bond motifs is 1. The van der Waals surface area contributed by atoms with Crippen LogP contribution in [0.3, 0.4) is 0 Å². The van der Waals surface area contributed by atoms with E-state index in [-0.39, 0.29) is 5.91 Å². The van der Waals surface area contributed by atoms with E-state index in [9.17, 15) is 4.79 Å². The molecule has 4 heterocycles. The van der Waals surface area contributed by atoms with Crippen LogP contribution in [0.1, 0.15) is 21.7 Å². The fourth-order valence-electron chi connectivity index (χ4n) is 3.97. The molecular formula is C19H22N4O. The van der Waals surface area contributed by atoms with Crippen molar-refractivity contribution in [1.82, 2.24) is 19.8 Å². The number of carbonyl (C=O) groups is 1. The molecule has 5 nitrogen and oxygen atoms in total. The molecule has 2 saturated heterocycles. The minimum absolute atomic E-state index is 0.115. The van der Waals surface area contributed by atoms with Crippen LogP contribution in [0.4, 0.5) is 0 Å². The van der Waals surface area contributed by atoms with Crippen molar-refractivity contribution in [1.29, 1.82) is 0 Å². The van der Waals surface area contributed by atoms with E-state index in [0.29, 0.717) is 17.4 Å². The topological polar surface area (TPSA) is 49.3 Å². The molecule has 0 saturated carbocycles. The van der Waals surface area contributed by atoms with Gasteiger partial charge in [0.05, 0.1) is 11.3 Å². The Bertz CT molecular complexity index is 719. The highest BCUT2D eigenvalue weighted by atomic mass is 16.2. The van der Waals surface area contributed by atoms with Gasteiger partial charge in [0.15, 0.2) is 0 Å². The van der Waals surface area contributed by atoms with Crippen LogP contribution in [0.15, 0.2) is 42.7 Å². The molecule has 2 aromatic rings. The second-order valence-corrected chi connectivity index (χ2v) is 6.94. The fourth-order valence-corrected chi connectivity index (χ4v) is 3.97. The highest BCUT2D eigenvalue weighted by molar-refractivity contribution is 5.94. The van der Waals surface area contributed by atoms with Crippen LogP contribution in [0.2, 0.25) is 0 Å². The molecule has 2 atom stereocenters. The predicted molar refractivity (Wildman–Crippen MR) is 91.4 cm³/mol. The van der Waals surface area contributed by atoms with Gasteiger partial charge >= 0.3 is 0 Å². The highest BCUT2D eigenvalue weighted by Crippen LogP contribution is 2.32. The van der Waals surface area contributed by atoms with Gasteiger partial charge in [-0.1, -0.05) is 6.07 Å². The first kappa shape index (κ1) is 15.3. The summed E-state index contributed by atoms with van der Waals surface area (Å²) in [6, 6.07) is 9.87. The lowest BCUT2D eigenvalue weighted by Crippen LogP contribution is -2.33. The van der Waals surface area contributed by atoms with Crippen LogP contribution in [0.25, 0.3) is 0 Å². The summed E-state index contributed by atoms with van der Waals surface area (Å²) < 4.78 is 0. The van der Waals surface area contributed by atoms with Crippen molar-refractivity contribution in [3.8, 4) is 0 Å². The molecule has 2 aliphatic heterocycles. The Morgan fingerprint density at radius 3 is 2.58 bits per heavy atom. The number of hydrogen-bond donors (Lipinski definition) is 0. The number of rotatable bonds is 3. The van der Waals surface area contributed by atoms with Crippen molar-refractivity contribution < 1.29 is 4.79 Å². The normalized spacial score (nSPS) is 23.5. The molecule has 5 heteroatoms. The number of nitrogens with zero attached hydrogens (tertiary/aromatic N) is 4. The van der Waals surface area contributed by atoms with Gasteiger partial charge in [0.1, 0.15) is 0 Å².